The first-order valence-electron chi connectivity index (χ1n) is 7.05. The summed E-state index contributed by atoms with van der Waals surface area (Å²) in [4.78, 5) is 11.7. The molecule has 3 rings (SSSR count). The quantitative estimate of drug-likeness (QED) is 0.882. The van der Waals surface area contributed by atoms with Crippen LogP contribution in [0.25, 0.3) is 0 Å². The van der Waals surface area contributed by atoms with E-state index in [2.05, 4.69) is 0 Å². The molecule has 2 atom stereocenters. The fourth-order valence-electron chi connectivity index (χ4n) is 2.60. The van der Waals surface area contributed by atoms with Crippen molar-refractivity contribution in [3.05, 3.63) is 47.8 Å². The predicted octanol–water partition coefficient (Wildman–Crippen LogP) is 1.44. The van der Waals surface area contributed by atoms with E-state index in [1.807, 2.05) is 18.2 Å². The summed E-state index contributed by atoms with van der Waals surface area (Å²) in [5.41, 5.74) is 5.40. The van der Waals surface area contributed by atoms with Gasteiger partial charge in [0.25, 0.3) is 10.0 Å². The number of nitrogens with two attached hydrogens (primary N) is 1. The van der Waals surface area contributed by atoms with Crippen LogP contribution in [0.1, 0.15) is 6.42 Å². The molecule has 6 nitrogen and oxygen atoms in total. The number of carbonyl (C=O) groups excluding carboxylic acids is 1. The number of carbonyl (C=O) groups is 1. The number of thiophene rings is 1. The molecule has 0 spiro atoms. The van der Waals surface area contributed by atoms with Crippen LogP contribution in [-0.2, 0) is 14.8 Å². The van der Waals surface area contributed by atoms with Crippen LogP contribution in [0.3, 0.4) is 0 Å². The zero-order valence-corrected chi connectivity index (χ0v) is 13.8. The standard InChI is InChI=1S/C15H16N2O4S2/c16-15(18)13-9-12(21-11-5-2-1-3-6-11)10-17(13)23(19,20)14-7-4-8-22-14/h1-8,12-13H,9-10H2,(H2,16,18)/t12-,13-/m0/s1. The molecule has 0 saturated carbocycles. The highest BCUT2D eigenvalue weighted by Crippen LogP contribution is 2.30. The van der Waals surface area contributed by atoms with Gasteiger partial charge in [-0.3, -0.25) is 4.79 Å². The molecule has 0 aliphatic carbocycles. The maximum absolute atomic E-state index is 12.7. The van der Waals surface area contributed by atoms with Gasteiger partial charge in [-0.2, -0.15) is 4.31 Å². The number of hydrogen-bond donors (Lipinski definition) is 1. The Balaban J connectivity index is 1.83. The van der Waals surface area contributed by atoms with Crippen molar-refractivity contribution in [3.8, 4) is 5.75 Å². The molecule has 1 aromatic carbocycles. The topological polar surface area (TPSA) is 89.7 Å². The Kier molecular flexibility index (Phi) is 4.38. The van der Waals surface area contributed by atoms with E-state index >= 15 is 0 Å². The van der Waals surface area contributed by atoms with E-state index in [0.29, 0.717) is 5.75 Å². The van der Waals surface area contributed by atoms with Crippen LogP contribution < -0.4 is 10.5 Å². The Bertz CT molecular complexity index is 775. The smallest absolute Gasteiger partial charge is 0.253 e. The van der Waals surface area contributed by atoms with Crippen molar-refractivity contribution in [2.45, 2.75) is 22.8 Å². The summed E-state index contributed by atoms with van der Waals surface area (Å²) < 4.78 is 32.5. The number of amides is 1. The number of para-hydroxylation sites is 1. The first-order chi connectivity index (χ1) is 11.0. The number of hydrogen-bond acceptors (Lipinski definition) is 5. The lowest BCUT2D eigenvalue weighted by molar-refractivity contribution is -0.121. The molecule has 2 heterocycles. The molecule has 1 aromatic heterocycles. The summed E-state index contributed by atoms with van der Waals surface area (Å²) in [7, 11) is -3.74. The van der Waals surface area contributed by atoms with Gasteiger partial charge in [-0.1, -0.05) is 24.3 Å². The monoisotopic (exact) mass is 352 g/mol. The van der Waals surface area contributed by atoms with E-state index in [1.165, 1.54) is 6.07 Å². The van der Waals surface area contributed by atoms with E-state index in [-0.39, 0.29) is 17.2 Å². The molecule has 0 bridgehead atoms. The van der Waals surface area contributed by atoms with Crippen molar-refractivity contribution in [1.82, 2.24) is 4.31 Å². The van der Waals surface area contributed by atoms with E-state index in [4.69, 9.17) is 10.5 Å². The minimum atomic E-state index is -3.74. The van der Waals surface area contributed by atoms with Crippen LogP contribution in [0.15, 0.2) is 52.1 Å². The maximum Gasteiger partial charge on any atom is 0.253 e. The van der Waals surface area contributed by atoms with Crippen molar-refractivity contribution in [2.75, 3.05) is 6.54 Å². The van der Waals surface area contributed by atoms with Gasteiger partial charge in [0.2, 0.25) is 5.91 Å². The zero-order valence-electron chi connectivity index (χ0n) is 12.2. The largest absolute Gasteiger partial charge is 0.489 e. The molecule has 0 unspecified atom stereocenters. The van der Waals surface area contributed by atoms with Crippen LogP contribution in [0.4, 0.5) is 0 Å². The highest BCUT2D eigenvalue weighted by Gasteiger charge is 2.44. The summed E-state index contributed by atoms with van der Waals surface area (Å²) in [6, 6.07) is 11.4. The summed E-state index contributed by atoms with van der Waals surface area (Å²) in [6.45, 7) is 0.0999. The van der Waals surface area contributed by atoms with E-state index in [1.54, 1.807) is 23.6 Å². The Morgan fingerprint density at radius 1 is 1.22 bits per heavy atom. The second-order valence-corrected chi connectivity index (χ2v) is 8.28. The number of ether oxygens (including phenoxy) is 1. The fraction of sp³-hybridized carbons (Fsp3) is 0.267. The van der Waals surface area contributed by atoms with E-state index in [9.17, 15) is 13.2 Å². The molecule has 1 amide bonds. The molecule has 1 aliphatic rings. The summed E-state index contributed by atoms with van der Waals surface area (Å²) in [5.74, 6) is -0.0274. The van der Waals surface area contributed by atoms with Gasteiger partial charge in [-0.15, -0.1) is 11.3 Å². The van der Waals surface area contributed by atoms with Gasteiger partial charge >= 0.3 is 0 Å². The lowest BCUT2D eigenvalue weighted by atomic mass is 10.2. The average molecular weight is 352 g/mol. The van der Waals surface area contributed by atoms with Gasteiger partial charge in [0, 0.05) is 6.42 Å². The fourth-order valence-corrected chi connectivity index (χ4v) is 5.35. The highest BCUT2D eigenvalue weighted by atomic mass is 32.2. The SMILES string of the molecule is NC(=O)[C@@H]1C[C@H](Oc2ccccc2)CN1S(=O)(=O)c1cccs1. The third-order valence-electron chi connectivity index (χ3n) is 3.65. The molecule has 1 fully saturated rings. The van der Waals surface area contributed by atoms with Crippen LogP contribution >= 0.6 is 11.3 Å². The molecule has 1 aliphatic heterocycles. The van der Waals surface area contributed by atoms with Crippen LogP contribution in [0.2, 0.25) is 0 Å². The van der Waals surface area contributed by atoms with Crippen molar-refractivity contribution in [1.29, 1.82) is 0 Å². The van der Waals surface area contributed by atoms with Gasteiger partial charge in [0.15, 0.2) is 0 Å². The first-order valence-corrected chi connectivity index (χ1v) is 9.37. The summed E-state index contributed by atoms with van der Waals surface area (Å²) in [5, 5.41) is 1.68. The first kappa shape index (κ1) is 16.0. The van der Waals surface area contributed by atoms with Crippen LogP contribution in [0.5, 0.6) is 5.75 Å². The molecule has 0 radical (unpaired) electrons. The second kappa shape index (κ2) is 6.31. The summed E-state index contributed by atoms with van der Waals surface area (Å²) in [6.07, 6.45) is -0.167. The molecule has 122 valence electrons. The Hall–Kier alpha value is -1.90. The minimum absolute atomic E-state index is 0.0999. The van der Waals surface area contributed by atoms with Crippen molar-refractivity contribution in [3.63, 3.8) is 0 Å². The number of primary amides is 1. The molecule has 23 heavy (non-hydrogen) atoms. The molecule has 2 N–H and O–H groups in total. The van der Waals surface area contributed by atoms with E-state index < -0.39 is 28.1 Å². The lowest BCUT2D eigenvalue weighted by Crippen LogP contribution is -2.43. The van der Waals surface area contributed by atoms with Gasteiger partial charge in [0.05, 0.1) is 6.54 Å². The average Bonchev–Trinajstić information content (AvgIpc) is 3.18. The minimum Gasteiger partial charge on any atom is -0.489 e. The van der Waals surface area contributed by atoms with Gasteiger partial charge in [-0.25, -0.2) is 8.42 Å². The van der Waals surface area contributed by atoms with Crippen molar-refractivity contribution in [2.24, 2.45) is 5.73 Å². The van der Waals surface area contributed by atoms with Crippen LogP contribution in [0, 0.1) is 0 Å². The molecule has 2 aromatic rings. The van der Waals surface area contributed by atoms with Crippen LogP contribution in [-0.4, -0.2) is 37.3 Å². The predicted molar refractivity (Wildman–Crippen MR) is 86.7 cm³/mol. The molecular weight excluding hydrogens is 336 g/mol. The third kappa shape index (κ3) is 3.24. The summed E-state index contributed by atoms with van der Waals surface area (Å²) >= 11 is 1.11. The van der Waals surface area contributed by atoms with Gasteiger partial charge in [-0.05, 0) is 23.6 Å². The number of sulfonamides is 1. The van der Waals surface area contributed by atoms with Gasteiger partial charge in [0.1, 0.15) is 22.1 Å². The van der Waals surface area contributed by atoms with E-state index in [0.717, 1.165) is 15.6 Å². The molecule has 8 heteroatoms. The Morgan fingerprint density at radius 2 is 1.96 bits per heavy atom. The molecular formula is C15H16N2O4S2. The number of nitrogens with zero attached hydrogens (tertiary/aromatic N) is 1. The second-order valence-electron chi connectivity index (χ2n) is 5.21. The van der Waals surface area contributed by atoms with Crippen molar-refractivity contribution < 1.29 is 17.9 Å². The molecule has 1 saturated heterocycles. The maximum atomic E-state index is 12.7. The Labute approximate surface area is 138 Å². The lowest BCUT2D eigenvalue weighted by Gasteiger charge is -2.20. The third-order valence-corrected chi connectivity index (χ3v) is 6.90. The Morgan fingerprint density at radius 3 is 2.57 bits per heavy atom. The number of rotatable bonds is 5. The zero-order chi connectivity index (χ0) is 16.4. The number of benzene rings is 1. The highest BCUT2D eigenvalue weighted by molar-refractivity contribution is 7.91. The normalized spacial score (nSPS) is 22.1. The van der Waals surface area contributed by atoms with Gasteiger partial charge < -0.3 is 10.5 Å². The van der Waals surface area contributed by atoms with Crippen molar-refractivity contribution >= 4 is 27.3 Å².